The average Bonchev–Trinajstić information content (AvgIpc) is 2.71. The molecule has 1 heterocycles. The lowest BCUT2D eigenvalue weighted by molar-refractivity contribution is -0.388. The number of rotatable bonds is 5. The van der Waals surface area contributed by atoms with Crippen LogP contribution in [0, 0.1) is 13.8 Å². The Morgan fingerprint density at radius 1 is 0.923 bits per heavy atom. The summed E-state index contributed by atoms with van der Waals surface area (Å²) in [6.07, 6.45) is -7.05. The van der Waals surface area contributed by atoms with Crippen molar-refractivity contribution >= 4 is 28.2 Å². The Kier molecular flexibility index (Phi) is 5.36. The summed E-state index contributed by atoms with van der Waals surface area (Å²) < 4.78 is 115. The lowest BCUT2D eigenvalue weighted by atomic mass is 10.0. The number of primary amides is 1. The molecule has 0 aliphatic rings. The Bertz CT molecular complexity index is 740. The first-order chi connectivity index (χ1) is 11.4. The van der Waals surface area contributed by atoms with E-state index in [1.54, 1.807) is 0 Å². The van der Waals surface area contributed by atoms with Gasteiger partial charge in [0.1, 0.15) is 5.00 Å². The standard InChI is InChI=1S/C12H9F9N2O2S/c1-3-4(2)26-7(5(3)6(22)24)23-8(25)9(13,14)10(15,16)11(17,18)12(19,20)21/h1-2H3,(H2,22,24)(H,23,25). The van der Waals surface area contributed by atoms with Crippen LogP contribution in [0.3, 0.4) is 0 Å². The van der Waals surface area contributed by atoms with Crippen LogP contribution in [0.25, 0.3) is 0 Å². The predicted molar refractivity (Wildman–Crippen MR) is 71.8 cm³/mol. The summed E-state index contributed by atoms with van der Waals surface area (Å²) >= 11 is 0.417. The van der Waals surface area contributed by atoms with E-state index in [4.69, 9.17) is 5.73 Å². The number of aryl methyl sites for hydroxylation is 1. The Labute approximate surface area is 143 Å². The minimum atomic E-state index is -7.20. The molecule has 1 aromatic heterocycles. The van der Waals surface area contributed by atoms with Gasteiger partial charge in [0.2, 0.25) is 0 Å². The van der Waals surface area contributed by atoms with Crippen molar-refractivity contribution < 1.29 is 49.1 Å². The third-order valence-corrected chi connectivity index (χ3v) is 4.41. The summed E-state index contributed by atoms with van der Waals surface area (Å²) in [4.78, 5) is 22.8. The molecule has 0 unspecified atom stereocenters. The molecule has 0 fully saturated rings. The van der Waals surface area contributed by atoms with E-state index in [1.807, 2.05) is 0 Å². The van der Waals surface area contributed by atoms with Gasteiger partial charge in [-0.15, -0.1) is 11.3 Å². The molecule has 2 amide bonds. The molecule has 0 aromatic carbocycles. The lowest BCUT2D eigenvalue weighted by Gasteiger charge is -2.32. The number of hydrogen-bond acceptors (Lipinski definition) is 3. The fourth-order valence-corrected chi connectivity index (χ4v) is 2.77. The molecule has 0 spiro atoms. The van der Waals surface area contributed by atoms with Crippen molar-refractivity contribution in [2.75, 3.05) is 5.32 Å². The lowest BCUT2D eigenvalue weighted by Crippen LogP contribution is -2.64. The van der Waals surface area contributed by atoms with E-state index in [2.05, 4.69) is 0 Å². The van der Waals surface area contributed by atoms with Crippen molar-refractivity contribution in [3.05, 3.63) is 16.0 Å². The molecular formula is C12H9F9N2O2S. The van der Waals surface area contributed by atoms with E-state index in [9.17, 15) is 49.1 Å². The Morgan fingerprint density at radius 2 is 1.38 bits per heavy atom. The summed E-state index contributed by atoms with van der Waals surface area (Å²) in [5, 5.41) is 0.283. The summed E-state index contributed by atoms with van der Waals surface area (Å²) in [6, 6.07) is 0. The summed E-state index contributed by atoms with van der Waals surface area (Å²) in [5.41, 5.74) is 4.45. The van der Waals surface area contributed by atoms with E-state index in [1.165, 1.54) is 13.8 Å². The summed E-state index contributed by atoms with van der Waals surface area (Å²) in [6.45, 7) is 2.58. The molecule has 0 saturated heterocycles. The first-order valence-electron chi connectivity index (χ1n) is 6.31. The summed E-state index contributed by atoms with van der Waals surface area (Å²) in [5.74, 6) is -25.2. The quantitative estimate of drug-likeness (QED) is 0.716. The van der Waals surface area contributed by atoms with Gasteiger partial charge < -0.3 is 11.1 Å². The van der Waals surface area contributed by atoms with Gasteiger partial charge in [0.25, 0.3) is 5.91 Å². The number of amides is 2. The van der Waals surface area contributed by atoms with Crippen molar-refractivity contribution in [2.24, 2.45) is 5.73 Å². The predicted octanol–water partition coefficient (Wildman–Crippen LogP) is 3.87. The van der Waals surface area contributed by atoms with Crippen LogP contribution in [-0.4, -0.2) is 35.8 Å². The van der Waals surface area contributed by atoms with Crippen molar-refractivity contribution in [3.8, 4) is 0 Å². The maximum Gasteiger partial charge on any atom is 0.460 e. The molecule has 0 radical (unpaired) electrons. The van der Waals surface area contributed by atoms with E-state index in [0.717, 1.165) is 5.32 Å². The number of nitrogens with two attached hydrogens (primary N) is 1. The second-order valence-electron chi connectivity index (χ2n) is 5.03. The van der Waals surface area contributed by atoms with Crippen LogP contribution in [-0.2, 0) is 4.79 Å². The number of nitrogens with one attached hydrogen (secondary N) is 1. The highest BCUT2D eigenvalue weighted by Gasteiger charge is 2.83. The van der Waals surface area contributed by atoms with Gasteiger partial charge in [0.05, 0.1) is 5.56 Å². The molecule has 0 aliphatic heterocycles. The van der Waals surface area contributed by atoms with Gasteiger partial charge in [-0.2, -0.15) is 39.5 Å². The molecule has 3 N–H and O–H groups in total. The zero-order valence-corrected chi connectivity index (χ0v) is 13.5. The normalized spacial score (nSPS) is 13.7. The molecule has 14 heteroatoms. The molecule has 4 nitrogen and oxygen atoms in total. The van der Waals surface area contributed by atoms with Gasteiger partial charge >= 0.3 is 29.9 Å². The fraction of sp³-hybridized carbons (Fsp3) is 0.500. The number of halogens is 9. The third kappa shape index (κ3) is 3.21. The van der Waals surface area contributed by atoms with Crippen molar-refractivity contribution in [1.82, 2.24) is 0 Å². The molecule has 0 bridgehead atoms. The third-order valence-electron chi connectivity index (χ3n) is 3.29. The van der Waals surface area contributed by atoms with Crippen LogP contribution in [0.15, 0.2) is 0 Å². The molecular weight excluding hydrogens is 407 g/mol. The second-order valence-corrected chi connectivity index (χ2v) is 6.25. The average molecular weight is 416 g/mol. The van der Waals surface area contributed by atoms with Crippen LogP contribution in [0.1, 0.15) is 20.8 Å². The van der Waals surface area contributed by atoms with E-state index in [0.29, 0.717) is 11.3 Å². The highest BCUT2D eigenvalue weighted by atomic mass is 32.1. The fourth-order valence-electron chi connectivity index (χ4n) is 1.71. The first-order valence-corrected chi connectivity index (χ1v) is 7.12. The molecule has 0 atom stereocenters. The number of carbonyl (C=O) groups is 2. The van der Waals surface area contributed by atoms with Gasteiger partial charge in [-0.05, 0) is 19.4 Å². The van der Waals surface area contributed by atoms with Crippen LogP contribution >= 0.6 is 11.3 Å². The molecule has 1 rings (SSSR count). The Morgan fingerprint density at radius 3 is 1.77 bits per heavy atom. The summed E-state index contributed by atoms with van der Waals surface area (Å²) in [7, 11) is 0. The van der Waals surface area contributed by atoms with E-state index < -0.39 is 46.3 Å². The molecule has 0 aliphatic carbocycles. The first kappa shape index (κ1) is 22.1. The van der Waals surface area contributed by atoms with Gasteiger partial charge in [0, 0.05) is 4.88 Å². The smallest absolute Gasteiger partial charge is 0.365 e. The van der Waals surface area contributed by atoms with E-state index >= 15 is 0 Å². The van der Waals surface area contributed by atoms with E-state index in [-0.39, 0.29) is 10.4 Å². The van der Waals surface area contributed by atoms with Gasteiger partial charge in [0.15, 0.2) is 0 Å². The number of alkyl halides is 9. The number of thiophene rings is 1. The van der Waals surface area contributed by atoms with Crippen molar-refractivity contribution in [1.29, 1.82) is 0 Å². The topological polar surface area (TPSA) is 72.2 Å². The maximum atomic E-state index is 13.5. The Balaban J connectivity index is 3.33. The zero-order chi connectivity index (χ0) is 20.9. The minimum Gasteiger partial charge on any atom is -0.365 e. The highest BCUT2D eigenvalue weighted by Crippen LogP contribution is 2.53. The van der Waals surface area contributed by atoms with Crippen LogP contribution in [0.5, 0.6) is 0 Å². The van der Waals surface area contributed by atoms with Gasteiger partial charge in [-0.1, -0.05) is 0 Å². The Hall–Kier alpha value is -1.99. The van der Waals surface area contributed by atoms with Crippen molar-refractivity contribution in [2.45, 2.75) is 37.8 Å². The zero-order valence-electron chi connectivity index (χ0n) is 12.7. The molecule has 1 aromatic rings. The minimum absolute atomic E-state index is 0.0773. The molecule has 148 valence electrons. The number of hydrogen-bond donors (Lipinski definition) is 2. The van der Waals surface area contributed by atoms with Gasteiger partial charge in [-0.25, -0.2) is 0 Å². The highest BCUT2D eigenvalue weighted by molar-refractivity contribution is 7.16. The molecule has 0 saturated carbocycles. The maximum absolute atomic E-state index is 13.5. The van der Waals surface area contributed by atoms with Gasteiger partial charge in [-0.3, -0.25) is 9.59 Å². The number of carbonyl (C=O) groups excluding carboxylic acids is 2. The second kappa shape index (κ2) is 6.32. The van der Waals surface area contributed by atoms with Crippen LogP contribution in [0.2, 0.25) is 0 Å². The van der Waals surface area contributed by atoms with Crippen LogP contribution < -0.4 is 11.1 Å². The monoisotopic (exact) mass is 416 g/mol. The molecule has 26 heavy (non-hydrogen) atoms. The SMILES string of the molecule is Cc1sc(NC(=O)C(F)(F)C(F)(F)C(F)(F)C(F)(F)F)c(C(N)=O)c1C. The number of anilines is 1. The van der Waals surface area contributed by atoms with Crippen LogP contribution in [0.4, 0.5) is 44.5 Å². The van der Waals surface area contributed by atoms with Crippen molar-refractivity contribution in [3.63, 3.8) is 0 Å². The largest absolute Gasteiger partial charge is 0.460 e.